The quantitative estimate of drug-likeness (QED) is 0.727. The van der Waals surface area contributed by atoms with Gasteiger partial charge < -0.3 is 15.4 Å². The molecule has 4 heteroatoms. The fourth-order valence-electron chi connectivity index (χ4n) is 1.19. The fraction of sp³-hybridized carbons (Fsp3) is 0.909. The first-order valence-corrected chi connectivity index (χ1v) is 5.07. The van der Waals surface area contributed by atoms with E-state index in [0.29, 0.717) is 0 Å². The molecule has 15 heavy (non-hydrogen) atoms. The molecule has 0 aromatic heterocycles. The Morgan fingerprint density at radius 3 is 2.47 bits per heavy atom. The lowest BCUT2D eigenvalue weighted by Crippen LogP contribution is -2.42. The lowest BCUT2D eigenvalue weighted by molar-refractivity contribution is 0.0187. The summed E-state index contributed by atoms with van der Waals surface area (Å²) in [6.45, 7) is 4.62. The Labute approximate surface area is 97.4 Å². The van der Waals surface area contributed by atoms with E-state index in [1.54, 1.807) is 20.8 Å². The molecule has 4 nitrogen and oxygen atoms in total. The maximum atomic E-state index is 11.9. The summed E-state index contributed by atoms with van der Waals surface area (Å²) in [5.41, 5.74) is 4.77. The predicted octanol–water partition coefficient (Wildman–Crippen LogP) is 1.59. The third-order valence-electron chi connectivity index (χ3n) is 1.94. The van der Waals surface area contributed by atoms with Crippen molar-refractivity contribution in [2.45, 2.75) is 39.1 Å². The molecule has 0 unspecified atom stereocenters. The largest absolute Gasteiger partial charge is 0.444 e. The molecule has 0 aliphatic carbocycles. The van der Waals surface area contributed by atoms with E-state index in [0.717, 1.165) is 4.90 Å². The van der Waals surface area contributed by atoms with Crippen molar-refractivity contribution in [2.24, 2.45) is 11.7 Å². The summed E-state index contributed by atoms with van der Waals surface area (Å²) in [6.07, 6.45) is -4.43. The molecular formula is C11H22N2O2. The molecule has 0 saturated carbocycles. The highest BCUT2D eigenvalue weighted by Crippen LogP contribution is 2.18. The number of amides is 1. The van der Waals surface area contributed by atoms with Crippen LogP contribution < -0.4 is 5.73 Å². The first kappa shape index (κ1) is 7.49. The second-order valence-electron chi connectivity index (χ2n) is 4.53. The molecule has 1 aliphatic heterocycles. The molecule has 1 fully saturated rings. The Hall–Kier alpha value is -0.770. The average molecular weight is 218 g/mol. The van der Waals surface area contributed by atoms with Gasteiger partial charge >= 0.3 is 6.09 Å². The molecule has 88 valence electrons. The highest BCUT2D eigenvalue weighted by atomic mass is 16.6. The standard InChI is InChI=1S/C11H22N2O2/c1-11(2,3)15-10(14)13-6-4-9(8-12)5-7-13/h9H,4-8,12H2,1-3H3/i4D2,5D2. The minimum absolute atomic E-state index is 0.0951. The van der Waals surface area contributed by atoms with Crippen molar-refractivity contribution in [1.82, 2.24) is 4.90 Å². The number of rotatable bonds is 1. The predicted molar refractivity (Wildman–Crippen MR) is 59.6 cm³/mol. The van der Waals surface area contributed by atoms with Gasteiger partial charge in [0, 0.05) is 18.6 Å². The van der Waals surface area contributed by atoms with Crippen molar-refractivity contribution in [3.8, 4) is 0 Å². The molecule has 0 aromatic rings. The maximum Gasteiger partial charge on any atom is 0.410 e. The Bertz CT molecular complexity index is 337. The van der Waals surface area contributed by atoms with E-state index >= 15 is 0 Å². The zero-order chi connectivity index (χ0) is 15.1. The molecule has 0 radical (unpaired) electrons. The normalized spacial score (nSPS) is 29.7. The van der Waals surface area contributed by atoms with Gasteiger partial charge in [0.1, 0.15) is 5.60 Å². The van der Waals surface area contributed by atoms with Crippen LogP contribution >= 0.6 is 0 Å². The van der Waals surface area contributed by atoms with E-state index in [4.69, 9.17) is 16.0 Å². The van der Waals surface area contributed by atoms with Gasteiger partial charge in [0.2, 0.25) is 0 Å². The second kappa shape index (κ2) is 4.84. The molecule has 1 amide bonds. The van der Waals surface area contributed by atoms with Crippen LogP contribution in [-0.2, 0) is 4.74 Å². The number of carbonyl (C=O) groups excluding carboxylic acids is 1. The Balaban J connectivity index is 2.88. The smallest absolute Gasteiger partial charge is 0.410 e. The van der Waals surface area contributed by atoms with E-state index in [2.05, 4.69) is 0 Å². The van der Waals surface area contributed by atoms with E-state index in [-0.39, 0.29) is 19.6 Å². The summed E-state index contributed by atoms with van der Waals surface area (Å²) < 4.78 is 36.7. The van der Waals surface area contributed by atoms with Crippen LogP contribution in [0.15, 0.2) is 0 Å². The summed E-state index contributed by atoms with van der Waals surface area (Å²) in [4.78, 5) is 13.0. The zero-order valence-electron chi connectivity index (χ0n) is 13.5. The van der Waals surface area contributed by atoms with Crippen LogP contribution in [0.3, 0.4) is 0 Å². The lowest BCUT2D eigenvalue weighted by atomic mass is 9.97. The van der Waals surface area contributed by atoms with Crippen LogP contribution in [0.4, 0.5) is 4.79 Å². The van der Waals surface area contributed by atoms with Crippen molar-refractivity contribution >= 4 is 6.09 Å². The summed E-state index contributed by atoms with van der Waals surface area (Å²) in [7, 11) is 0. The first-order chi connectivity index (χ1) is 8.39. The van der Waals surface area contributed by atoms with E-state index < -0.39 is 30.4 Å². The Morgan fingerprint density at radius 1 is 1.53 bits per heavy atom. The SMILES string of the molecule is [2H]C1([2H])CN(C(=O)OC(C)(C)C)CC([2H])([2H])C1CN. The molecule has 1 heterocycles. The lowest BCUT2D eigenvalue weighted by Gasteiger charge is -2.32. The highest BCUT2D eigenvalue weighted by Gasteiger charge is 2.25. The van der Waals surface area contributed by atoms with Crippen LogP contribution in [-0.4, -0.2) is 36.2 Å². The number of carbonyl (C=O) groups is 1. The van der Waals surface area contributed by atoms with Gasteiger partial charge in [0.15, 0.2) is 0 Å². The number of hydrogen-bond acceptors (Lipinski definition) is 3. The first-order valence-electron chi connectivity index (χ1n) is 7.07. The van der Waals surface area contributed by atoms with Gasteiger partial charge in [-0.15, -0.1) is 0 Å². The monoisotopic (exact) mass is 218 g/mol. The summed E-state index contributed by atoms with van der Waals surface area (Å²) in [6, 6.07) is 0. The van der Waals surface area contributed by atoms with Gasteiger partial charge in [-0.2, -0.15) is 0 Å². The molecule has 1 aliphatic rings. The molecule has 0 spiro atoms. The van der Waals surface area contributed by atoms with Crippen molar-refractivity contribution in [1.29, 1.82) is 0 Å². The minimum atomic E-state index is -1.87. The van der Waals surface area contributed by atoms with Crippen molar-refractivity contribution in [3.05, 3.63) is 0 Å². The Morgan fingerprint density at radius 2 is 2.07 bits per heavy atom. The van der Waals surface area contributed by atoms with Gasteiger partial charge in [0.25, 0.3) is 0 Å². The van der Waals surface area contributed by atoms with Crippen LogP contribution in [0, 0.1) is 5.92 Å². The Kier molecular flexibility index (Phi) is 2.42. The molecular weight excluding hydrogens is 192 g/mol. The number of piperidine rings is 1. The zero-order valence-corrected chi connectivity index (χ0v) is 9.54. The van der Waals surface area contributed by atoms with E-state index in [1.165, 1.54) is 0 Å². The van der Waals surface area contributed by atoms with Gasteiger partial charge in [0.05, 0.1) is 0 Å². The summed E-state index contributed by atoms with van der Waals surface area (Å²) in [5.74, 6) is -0.932. The van der Waals surface area contributed by atoms with Crippen molar-refractivity contribution < 1.29 is 15.0 Å². The topological polar surface area (TPSA) is 55.6 Å². The number of ether oxygens (including phenoxy) is 1. The number of hydrogen-bond donors (Lipinski definition) is 1. The van der Waals surface area contributed by atoms with Crippen LogP contribution in [0.1, 0.15) is 39.0 Å². The minimum Gasteiger partial charge on any atom is -0.444 e. The van der Waals surface area contributed by atoms with Gasteiger partial charge in [-0.05, 0) is 46.0 Å². The van der Waals surface area contributed by atoms with Gasteiger partial charge in [-0.1, -0.05) is 0 Å². The van der Waals surface area contributed by atoms with Gasteiger partial charge in [-0.3, -0.25) is 0 Å². The third-order valence-corrected chi connectivity index (χ3v) is 1.94. The van der Waals surface area contributed by atoms with E-state index in [1.807, 2.05) is 0 Å². The highest BCUT2D eigenvalue weighted by molar-refractivity contribution is 5.68. The average Bonchev–Trinajstić information content (AvgIpc) is 2.11. The number of nitrogens with zero attached hydrogens (tertiary/aromatic N) is 1. The van der Waals surface area contributed by atoms with E-state index in [9.17, 15) is 4.79 Å². The van der Waals surface area contributed by atoms with Gasteiger partial charge in [-0.25, -0.2) is 4.79 Å². The van der Waals surface area contributed by atoms with Crippen molar-refractivity contribution in [2.75, 3.05) is 19.6 Å². The fourth-order valence-corrected chi connectivity index (χ4v) is 1.19. The van der Waals surface area contributed by atoms with Crippen LogP contribution in [0.2, 0.25) is 0 Å². The maximum absolute atomic E-state index is 11.9. The number of nitrogens with two attached hydrogens (primary N) is 1. The molecule has 0 bridgehead atoms. The van der Waals surface area contributed by atoms with Crippen molar-refractivity contribution in [3.63, 3.8) is 0 Å². The van der Waals surface area contributed by atoms with Crippen LogP contribution in [0.25, 0.3) is 0 Å². The molecule has 1 rings (SSSR count). The summed E-state index contributed by atoms with van der Waals surface area (Å²) >= 11 is 0. The summed E-state index contributed by atoms with van der Waals surface area (Å²) in [5, 5.41) is 0. The number of likely N-dealkylation sites (tertiary alicyclic amines) is 1. The molecule has 2 N–H and O–H groups in total. The van der Waals surface area contributed by atoms with Crippen LogP contribution in [0.5, 0.6) is 0 Å². The molecule has 0 aromatic carbocycles. The molecule has 1 saturated heterocycles. The molecule has 0 atom stereocenters. The third kappa shape index (κ3) is 4.08. The second-order valence-corrected chi connectivity index (χ2v) is 4.53.